The molecule has 238 valence electrons. The SMILES string of the molecule is c1ccc(-c2ccc(N(c3ccc(-c4ccc5c6cccc7c8ccccc8n(c5c4)c76)cc3)c3ccc4oc5ccccc5c4c3)cc2)cc1. The van der Waals surface area contributed by atoms with Crippen LogP contribution in [0.25, 0.3) is 82.3 Å². The van der Waals surface area contributed by atoms with Crippen molar-refractivity contribution in [2.24, 2.45) is 0 Å². The van der Waals surface area contributed by atoms with E-state index in [1.165, 1.54) is 60.3 Å². The zero-order chi connectivity index (χ0) is 33.5. The van der Waals surface area contributed by atoms with Gasteiger partial charge in [0.2, 0.25) is 0 Å². The first-order chi connectivity index (χ1) is 25.3. The third-order valence-corrected chi connectivity index (χ3v) is 10.5. The van der Waals surface area contributed by atoms with Crippen LogP contribution in [-0.2, 0) is 0 Å². The smallest absolute Gasteiger partial charge is 0.135 e. The van der Waals surface area contributed by atoms with E-state index < -0.39 is 0 Å². The third-order valence-electron chi connectivity index (χ3n) is 10.5. The van der Waals surface area contributed by atoms with Crippen LogP contribution in [0, 0.1) is 0 Å². The van der Waals surface area contributed by atoms with Gasteiger partial charge >= 0.3 is 0 Å². The molecule has 8 aromatic carbocycles. The Morgan fingerprint density at radius 1 is 0.333 bits per heavy atom. The van der Waals surface area contributed by atoms with Crippen molar-refractivity contribution >= 4 is 77.1 Å². The fourth-order valence-corrected chi connectivity index (χ4v) is 8.15. The topological polar surface area (TPSA) is 20.8 Å². The Labute approximate surface area is 294 Å². The molecule has 0 unspecified atom stereocenters. The lowest BCUT2D eigenvalue weighted by molar-refractivity contribution is 0.669. The number of para-hydroxylation sites is 3. The highest BCUT2D eigenvalue weighted by atomic mass is 16.3. The Morgan fingerprint density at radius 3 is 1.65 bits per heavy atom. The molecule has 3 heterocycles. The molecule has 0 amide bonds. The fraction of sp³-hybridized carbons (Fsp3) is 0. The molecule has 3 nitrogen and oxygen atoms in total. The van der Waals surface area contributed by atoms with E-state index >= 15 is 0 Å². The highest BCUT2D eigenvalue weighted by Crippen LogP contribution is 2.42. The molecule has 0 fully saturated rings. The van der Waals surface area contributed by atoms with Gasteiger partial charge in [-0.2, -0.15) is 0 Å². The molecule has 3 heteroatoms. The molecule has 0 N–H and O–H groups in total. The second kappa shape index (κ2) is 10.8. The first-order valence-corrected chi connectivity index (χ1v) is 17.4. The van der Waals surface area contributed by atoms with E-state index in [2.05, 4.69) is 179 Å². The molecule has 0 saturated carbocycles. The molecule has 0 aliphatic carbocycles. The summed E-state index contributed by atoms with van der Waals surface area (Å²) in [5.41, 5.74) is 13.6. The average molecular weight is 651 g/mol. The van der Waals surface area contributed by atoms with E-state index in [0.29, 0.717) is 0 Å². The molecular weight excluding hydrogens is 621 g/mol. The summed E-state index contributed by atoms with van der Waals surface area (Å²) in [4.78, 5) is 2.34. The fourth-order valence-electron chi connectivity index (χ4n) is 8.15. The highest BCUT2D eigenvalue weighted by molar-refractivity contribution is 6.23. The van der Waals surface area contributed by atoms with Crippen LogP contribution < -0.4 is 4.90 Å². The molecule has 0 radical (unpaired) electrons. The van der Waals surface area contributed by atoms with E-state index in [9.17, 15) is 0 Å². The first kappa shape index (κ1) is 28.0. The summed E-state index contributed by atoms with van der Waals surface area (Å²) in [5.74, 6) is 0. The Morgan fingerprint density at radius 2 is 0.882 bits per heavy atom. The Balaban J connectivity index is 1.04. The van der Waals surface area contributed by atoms with Crippen LogP contribution in [0.4, 0.5) is 17.1 Å². The molecule has 3 aromatic heterocycles. The van der Waals surface area contributed by atoms with Crippen molar-refractivity contribution in [2.75, 3.05) is 4.90 Å². The molecular formula is C48H30N2O. The molecule has 0 aliphatic rings. The van der Waals surface area contributed by atoms with Crippen LogP contribution in [0.2, 0.25) is 0 Å². The maximum absolute atomic E-state index is 6.20. The number of fused-ring (bicyclic) bond motifs is 9. The van der Waals surface area contributed by atoms with Gasteiger partial charge in [0, 0.05) is 49.4 Å². The van der Waals surface area contributed by atoms with Gasteiger partial charge < -0.3 is 13.7 Å². The molecule has 0 aliphatic heterocycles. The standard InChI is InChI=1S/C48H30N2O/c1-2-9-31(10-3-1)32-17-22-35(23-18-32)49(37-26-28-47-43(30-37)40-12-5-7-16-46(40)51-47)36-24-19-33(20-25-36)34-21-27-39-42-14-8-13-41-38-11-4-6-15-44(38)50(48(41)42)45(39)29-34/h1-30H. The maximum Gasteiger partial charge on any atom is 0.135 e. The largest absolute Gasteiger partial charge is 0.456 e. The summed E-state index contributed by atoms with van der Waals surface area (Å²) in [5, 5.41) is 7.43. The summed E-state index contributed by atoms with van der Waals surface area (Å²) < 4.78 is 8.64. The van der Waals surface area contributed by atoms with Gasteiger partial charge in [-0.3, -0.25) is 0 Å². The minimum absolute atomic E-state index is 0.890. The number of hydrogen-bond acceptors (Lipinski definition) is 2. The Bertz CT molecular complexity index is 3060. The van der Waals surface area contributed by atoms with Gasteiger partial charge in [-0.05, 0) is 82.9 Å². The second-order valence-electron chi connectivity index (χ2n) is 13.4. The van der Waals surface area contributed by atoms with Crippen LogP contribution in [0.3, 0.4) is 0 Å². The summed E-state index contributed by atoms with van der Waals surface area (Å²) >= 11 is 0. The number of nitrogens with zero attached hydrogens (tertiary/aromatic N) is 2. The molecule has 0 atom stereocenters. The molecule has 11 rings (SSSR count). The number of anilines is 3. The lowest BCUT2D eigenvalue weighted by Gasteiger charge is -2.26. The van der Waals surface area contributed by atoms with Gasteiger partial charge in [-0.15, -0.1) is 0 Å². The Kier molecular flexibility index (Phi) is 5.96. The zero-order valence-corrected chi connectivity index (χ0v) is 27.6. The van der Waals surface area contributed by atoms with Gasteiger partial charge in [0.05, 0.1) is 16.6 Å². The molecule has 51 heavy (non-hydrogen) atoms. The van der Waals surface area contributed by atoms with E-state index in [1.54, 1.807) is 0 Å². The predicted octanol–water partition coefficient (Wildman–Crippen LogP) is 13.5. The minimum Gasteiger partial charge on any atom is -0.456 e. The van der Waals surface area contributed by atoms with E-state index in [1.807, 2.05) is 12.1 Å². The molecule has 0 bridgehead atoms. The average Bonchev–Trinajstić information content (AvgIpc) is 3.86. The van der Waals surface area contributed by atoms with Crippen LogP contribution in [-0.4, -0.2) is 4.40 Å². The van der Waals surface area contributed by atoms with Gasteiger partial charge in [-0.25, -0.2) is 0 Å². The predicted molar refractivity (Wildman–Crippen MR) is 214 cm³/mol. The van der Waals surface area contributed by atoms with Crippen molar-refractivity contribution in [1.29, 1.82) is 0 Å². The summed E-state index contributed by atoms with van der Waals surface area (Å²) in [6, 6.07) is 65.5. The molecule has 0 saturated heterocycles. The number of rotatable bonds is 5. The van der Waals surface area contributed by atoms with E-state index in [-0.39, 0.29) is 0 Å². The monoisotopic (exact) mass is 650 g/mol. The number of aromatic nitrogens is 1. The third kappa shape index (κ3) is 4.25. The van der Waals surface area contributed by atoms with Crippen molar-refractivity contribution < 1.29 is 4.42 Å². The molecule has 0 spiro atoms. The van der Waals surface area contributed by atoms with Crippen LogP contribution in [0.15, 0.2) is 186 Å². The van der Waals surface area contributed by atoms with Crippen molar-refractivity contribution in [3.05, 3.63) is 182 Å². The first-order valence-electron chi connectivity index (χ1n) is 17.4. The number of benzene rings is 8. The normalized spacial score (nSPS) is 11.9. The maximum atomic E-state index is 6.20. The van der Waals surface area contributed by atoms with Crippen molar-refractivity contribution in [3.8, 4) is 22.3 Å². The zero-order valence-electron chi connectivity index (χ0n) is 27.6. The minimum atomic E-state index is 0.890. The number of hydrogen-bond donors (Lipinski definition) is 0. The highest BCUT2D eigenvalue weighted by Gasteiger charge is 2.19. The summed E-state index contributed by atoms with van der Waals surface area (Å²) in [7, 11) is 0. The van der Waals surface area contributed by atoms with Gasteiger partial charge in [-0.1, -0.05) is 121 Å². The summed E-state index contributed by atoms with van der Waals surface area (Å²) in [6.45, 7) is 0. The van der Waals surface area contributed by atoms with E-state index in [0.717, 1.165) is 39.0 Å². The number of furan rings is 1. The lowest BCUT2D eigenvalue weighted by atomic mass is 10.0. The lowest BCUT2D eigenvalue weighted by Crippen LogP contribution is -2.09. The van der Waals surface area contributed by atoms with Crippen molar-refractivity contribution in [3.63, 3.8) is 0 Å². The van der Waals surface area contributed by atoms with E-state index in [4.69, 9.17) is 4.42 Å². The second-order valence-corrected chi connectivity index (χ2v) is 13.4. The van der Waals surface area contributed by atoms with Crippen molar-refractivity contribution in [2.45, 2.75) is 0 Å². The van der Waals surface area contributed by atoms with Crippen LogP contribution in [0.1, 0.15) is 0 Å². The van der Waals surface area contributed by atoms with Crippen LogP contribution in [0.5, 0.6) is 0 Å². The molecule has 11 aromatic rings. The summed E-state index contributed by atoms with van der Waals surface area (Å²) in [6.07, 6.45) is 0. The van der Waals surface area contributed by atoms with Crippen molar-refractivity contribution in [1.82, 2.24) is 4.40 Å². The van der Waals surface area contributed by atoms with Gasteiger partial charge in [0.25, 0.3) is 0 Å². The van der Waals surface area contributed by atoms with Gasteiger partial charge in [0.15, 0.2) is 0 Å². The quantitative estimate of drug-likeness (QED) is 0.185. The Hall–Kier alpha value is -6.84. The van der Waals surface area contributed by atoms with Crippen LogP contribution >= 0.6 is 0 Å². The van der Waals surface area contributed by atoms with Gasteiger partial charge in [0.1, 0.15) is 11.2 Å².